The maximum absolute atomic E-state index is 14.1. The van der Waals surface area contributed by atoms with Gasteiger partial charge in [0, 0.05) is 64.7 Å². The number of carbonyl (C=O) groups is 4. The van der Waals surface area contributed by atoms with Crippen molar-refractivity contribution in [2.24, 2.45) is 0 Å². The van der Waals surface area contributed by atoms with Gasteiger partial charge < -0.3 is 25.4 Å². The summed E-state index contributed by atoms with van der Waals surface area (Å²) in [5, 5.41) is 27.7. The summed E-state index contributed by atoms with van der Waals surface area (Å²) in [6.45, 7) is 7.45. The Balaban J connectivity index is 0.784. The van der Waals surface area contributed by atoms with Crippen LogP contribution in [0.5, 0.6) is 5.75 Å². The van der Waals surface area contributed by atoms with Crippen LogP contribution in [0, 0.1) is 6.92 Å². The van der Waals surface area contributed by atoms with Crippen molar-refractivity contribution >= 4 is 84.2 Å². The summed E-state index contributed by atoms with van der Waals surface area (Å²) in [6.07, 6.45) is 3.36. The molecule has 17 heteroatoms. The topological polar surface area (TPSA) is 205 Å². The van der Waals surface area contributed by atoms with Crippen molar-refractivity contribution in [2.75, 3.05) is 34.8 Å². The number of aromatic carboxylic acids is 1. The Morgan fingerprint density at radius 3 is 2.49 bits per heavy atom. The molecule has 0 aliphatic carbocycles. The number of fused-ring (bicyclic) bond motifs is 1. The lowest BCUT2D eigenvalue weighted by Crippen LogP contribution is -2.55. The van der Waals surface area contributed by atoms with Crippen molar-refractivity contribution in [1.82, 2.24) is 19.6 Å². The van der Waals surface area contributed by atoms with Gasteiger partial charge >= 0.3 is 5.97 Å². The highest BCUT2D eigenvalue weighted by Gasteiger charge is 2.43. The minimum atomic E-state index is -3.71. The first kappa shape index (κ1) is 42.6. The summed E-state index contributed by atoms with van der Waals surface area (Å²) in [6, 6.07) is 22.3. The number of thiophene rings is 1. The Kier molecular flexibility index (Phi) is 10.5. The molecule has 3 saturated heterocycles. The largest absolute Gasteiger partial charge is 0.506 e. The Morgan fingerprint density at radius 2 is 1.75 bits per heavy atom. The fourth-order valence-corrected chi connectivity index (χ4v) is 13.5. The fourth-order valence-electron chi connectivity index (χ4n) is 10.5. The molecular weight excluding hydrogens is 867 g/mol. The number of carbonyl (C=O) groups excluding carboxylic acids is 3. The van der Waals surface area contributed by atoms with E-state index in [-0.39, 0.29) is 53.0 Å². The zero-order valence-electron chi connectivity index (χ0n) is 36.2. The van der Waals surface area contributed by atoms with Gasteiger partial charge in [0.1, 0.15) is 11.8 Å². The number of nitrogens with one attached hydrogen (secondary N) is 3. The summed E-state index contributed by atoms with van der Waals surface area (Å²) < 4.78 is 29.8. The van der Waals surface area contributed by atoms with Gasteiger partial charge in [-0.1, -0.05) is 36.4 Å². The summed E-state index contributed by atoms with van der Waals surface area (Å²) >= 11 is 1.04. The van der Waals surface area contributed by atoms with Crippen LogP contribution in [0.2, 0.25) is 0 Å². The number of hydrogen-bond donors (Lipinski definition) is 5. The van der Waals surface area contributed by atoms with Crippen LogP contribution in [0.1, 0.15) is 95.0 Å². The second-order valence-corrected chi connectivity index (χ2v) is 21.2. The lowest BCUT2D eigenvalue weighted by molar-refractivity contribution is -0.134. The van der Waals surface area contributed by atoms with E-state index in [1.54, 1.807) is 16.1 Å². The van der Waals surface area contributed by atoms with Gasteiger partial charge in [-0.05, 0) is 117 Å². The number of H-pyrrole nitrogens is 1. The highest BCUT2D eigenvalue weighted by Crippen LogP contribution is 2.45. The summed E-state index contributed by atoms with van der Waals surface area (Å²) in [5.74, 6) is -1.55. The van der Waals surface area contributed by atoms with Crippen molar-refractivity contribution in [3.8, 4) is 16.2 Å². The number of aromatic hydroxyl groups is 1. The molecule has 4 aliphatic heterocycles. The van der Waals surface area contributed by atoms with Crippen LogP contribution in [-0.4, -0.2) is 93.9 Å². The average Bonchev–Trinajstić information content (AvgIpc) is 3.92. The van der Waals surface area contributed by atoms with Crippen molar-refractivity contribution in [3.05, 3.63) is 99.9 Å². The van der Waals surface area contributed by atoms with Crippen LogP contribution in [0.3, 0.4) is 0 Å². The number of carboxylic acid groups (broad SMARTS) is 1. The number of amides is 3. The van der Waals surface area contributed by atoms with Crippen LogP contribution >= 0.6 is 11.3 Å². The number of piperidine rings is 3. The molecule has 5 N–H and O–H groups in total. The van der Waals surface area contributed by atoms with E-state index in [1.165, 1.54) is 5.56 Å². The highest BCUT2D eigenvalue weighted by atomic mass is 32.2. The molecule has 4 aliphatic rings. The Bertz CT molecular complexity index is 3080. The molecule has 15 nitrogen and oxygen atoms in total. The molecule has 4 aromatic carbocycles. The maximum atomic E-state index is 14.1. The van der Waals surface area contributed by atoms with Gasteiger partial charge in [-0.3, -0.25) is 24.6 Å². The molecule has 2 unspecified atom stereocenters. The van der Waals surface area contributed by atoms with E-state index >= 15 is 0 Å². The molecule has 2 atom stereocenters. The molecule has 6 heterocycles. The second kappa shape index (κ2) is 16.0. The number of anilines is 3. The number of aromatic nitrogens is 2. The summed E-state index contributed by atoms with van der Waals surface area (Å²) in [4.78, 5) is 62.7. The number of aromatic amines is 1. The first-order chi connectivity index (χ1) is 31.1. The third kappa shape index (κ3) is 7.58. The number of sulfonamides is 1. The van der Waals surface area contributed by atoms with Crippen molar-refractivity contribution in [3.63, 3.8) is 0 Å². The smallest absolute Gasteiger partial charge is 0.349 e. The zero-order chi connectivity index (χ0) is 45.5. The standard InChI is InChI=1S/C48H49N7O8S2/c1-26-41(57)43(46(60)61)64-42(26)29-6-4-7-30(23-29)49-31-18-21-54(48(2,3)24-31)65(62,63)25-27-10-12-35-36(22-27)51-47(50-35)53-19-16-28(17-20-53)32-11-13-37-40-33(32)8-5-9-34(40)45(59)55(37)38-14-15-39(56)52-44(38)58/h4-13,22-23,28,31,38,49,57H,14-21,24-25H2,1-3H3,(H,50,51)(H,60,61)(H,52,56,58). The second-order valence-electron chi connectivity index (χ2n) is 18.3. The molecule has 6 aromatic rings. The quantitative estimate of drug-likeness (QED) is 0.0852. The fraction of sp³-hybridized carbons (Fsp3) is 0.354. The van der Waals surface area contributed by atoms with E-state index in [9.17, 15) is 37.8 Å². The predicted octanol–water partition coefficient (Wildman–Crippen LogP) is 7.49. The van der Waals surface area contributed by atoms with Crippen molar-refractivity contribution < 1.29 is 37.8 Å². The molecule has 0 saturated carbocycles. The number of nitrogens with zero attached hydrogens (tertiary/aromatic N) is 4. The van der Waals surface area contributed by atoms with Gasteiger partial charge in [0.05, 0.1) is 22.5 Å². The molecular formula is C48H49N7O8S2. The SMILES string of the molecule is Cc1c(-c2cccc(NC3CCN(S(=O)(=O)Cc4ccc5nc(N6CCC(c7ccc8c9c(cccc79)C(=O)N8C7CCC(=O)NC7=O)CC6)[nH]c5c4)C(C)(C)C3)c2)sc(C(=O)O)c1O. The van der Waals surface area contributed by atoms with Gasteiger partial charge in [-0.25, -0.2) is 18.2 Å². The minimum absolute atomic E-state index is 0.00409. The Hall–Kier alpha value is -6.30. The van der Waals surface area contributed by atoms with Crippen molar-refractivity contribution in [1.29, 1.82) is 0 Å². The van der Waals surface area contributed by atoms with Crippen LogP contribution in [0.25, 0.3) is 32.2 Å². The van der Waals surface area contributed by atoms with Crippen LogP contribution in [0.15, 0.2) is 72.8 Å². The molecule has 10 rings (SSSR count). The van der Waals surface area contributed by atoms with E-state index < -0.39 is 33.5 Å². The first-order valence-electron chi connectivity index (χ1n) is 22.0. The van der Waals surface area contributed by atoms with E-state index in [0.717, 1.165) is 76.3 Å². The summed E-state index contributed by atoms with van der Waals surface area (Å²) in [7, 11) is -3.71. The summed E-state index contributed by atoms with van der Waals surface area (Å²) in [5.41, 5.74) is 6.11. The van der Waals surface area contributed by atoms with Gasteiger partial charge in [0.15, 0.2) is 4.88 Å². The van der Waals surface area contributed by atoms with Gasteiger partial charge in [-0.2, -0.15) is 4.31 Å². The van der Waals surface area contributed by atoms with Gasteiger partial charge in [0.2, 0.25) is 27.8 Å². The number of benzene rings is 4. The Labute approximate surface area is 379 Å². The minimum Gasteiger partial charge on any atom is -0.506 e. The van der Waals surface area contributed by atoms with Gasteiger partial charge in [-0.15, -0.1) is 11.3 Å². The van der Waals surface area contributed by atoms with E-state index in [4.69, 9.17) is 4.98 Å². The molecule has 3 fully saturated rings. The highest BCUT2D eigenvalue weighted by molar-refractivity contribution is 7.88. The number of hydrogen-bond acceptors (Lipinski definition) is 11. The number of carboxylic acids is 1. The van der Waals surface area contributed by atoms with E-state index in [0.29, 0.717) is 46.6 Å². The molecule has 0 radical (unpaired) electrons. The molecule has 3 amide bonds. The first-order valence-corrected chi connectivity index (χ1v) is 24.4. The van der Waals surface area contributed by atoms with Crippen LogP contribution < -0.4 is 20.4 Å². The number of imidazole rings is 1. The van der Waals surface area contributed by atoms with Gasteiger partial charge in [0.25, 0.3) is 5.91 Å². The van der Waals surface area contributed by atoms with Crippen LogP contribution in [0.4, 0.5) is 17.3 Å². The third-order valence-electron chi connectivity index (χ3n) is 13.6. The monoisotopic (exact) mass is 915 g/mol. The molecule has 0 spiro atoms. The molecule has 336 valence electrons. The van der Waals surface area contributed by atoms with Crippen LogP contribution in [-0.2, 0) is 25.4 Å². The number of imide groups is 1. The normalized spacial score (nSPS) is 20.5. The third-order valence-corrected chi connectivity index (χ3v) is 17.0. The average molecular weight is 916 g/mol. The molecule has 2 aromatic heterocycles. The van der Waals surface area contributed by atoms with E-state index in [1.807, 2.05) is 80.6 Å². The predicted molar refractivity (Wildman–Crippen MR) is 250 cm³/mol. The lowest BCUT2D eigenvalue weighted by atomic mass is 9.85. The van der Waals surface area contributed by atoms with E-state index in [2.05, 4.69) is 26.6 Å². The zero-order valence-corrected chi connectivity index (χ0v) is 37.8. The molecule has 0 bridgehead atoms. The number of rotatable bonds is 10. The molecule has 65 heavy (non-hydrogen) atoms. The lowest BCUT2D eigenvalue weighted by Gasteiger charge is -2.45. The van der Waals surface area contributed by atoms with Crippen molar-refractivity contribution in [2.45, 2.75) is 88.6 Å². The maximum Gasteiger partial charge on any atom is 0.349 e. The Morgan fingerprint density at radius 1 is 0.969 bits per heavy atom.